The van der Waals surface area contributed by atoms with Crippen LogP contribution in [0, 0.1) is 0 Å². The average Bonchev–Trinajstić information content (AvgIpc) is 2.89. The van der Waals surface area contributed by atoms with E-state index in [4.69, 9.17) is 4.42 Å². The Morgan fingerprint density at radius 1 is 1.42 bits per heavy atom. The van der Waals surface area contributed by atoms with Gasteiger partial charge in [-0.25, -0.2) is 0 Å². The molecule has 1 aliphatic heterocycles. The minimum Gasteiger partial charge on any atom is -0.544 e. The normalized spacial score (nSPS) is 22.7. The van der Waals surface area contributed by atoms with Crippen molar-refractivity contribution in [3.63, 3.8) is 0 Å². The molecule has 2 N–H and O–H groups in total. The van der Waals surface area contributed by atoms with Gasteiger partial charge in [0.1, 0.15) is 29.4 Å². The molecule has 1 fully saturated rings. The summed E-state index contributed by atoms with van der Waals surface area (Å²) in [7, 11) is 0. The Morgan fingerprint density at radius 3 is 2.95 bits per heavy atom. The number of hydrogen-bond acceptors (Lipinski definition) is 5. The zero-order valence-electron chi connectivity index (χ0n) is 9.87. The highest BCUT2D eigenvalue weighted by Crippen LogP contribution is 2.26. The van der Waals surface area contributed by atoms with Crippen LogP contribution in [-0.4, -0.2) is 17.8 Å². The smallest absolute Gasteiger partial charge is 0.202 e. The van der Waals surface area contributed by atoms with Crippen LogP contribution in [0.2, 0.25) is 0 Å². The summed E-state index contributed by atoms with van der Waals surface area (Å²) in [6.07, 6.45) is 1.43. The van der Waals surface area contributed by atoms with Crippen molar-refractivity contribution in [1.82, 2.24) is 0 Å². The van der Waals surface area contributed by atoms with E-state index in [0.717, 1.165) is 0 Å². The van der Waals surface area contributed by atoms with Gasteiger partial charge in [-0.2, -0.15) is 0 Å². The maximum Gasteiger partial charge on any atom is 0.202 e. The SMILES string of the molecule is O=C([O-])C1CSC(c2coc3ccccc3c2=O)[NH2+]1. The number of carbonyl (C=O) groups excluding carboxylic acids is 1. The number of aliphatic carboxylic acids is 1. The van der Waals surface area contributed by atoms with E-state index >= 15 is 0 Å². The number of para-hydroxylation sites is 1. The molecule has 6 heteroatoms. The number of rotatable bonds is 2. The molecular weight excluding hydrogens is 266 g/mol. The Labute approximate surface area is 112 Å². The number of fused-ring (bicyclic) bond motifs is 1. The molecular formula is C13H11NO4S. The molecule has 2 unspecified atom stereocenters. The molecule has 19 heavy (non-hydrogen) atoms. The van der Waals surface area contributed by atoms with E-state index < -0.39 is 12.0 Å². The summed E-state index contributed by atoms with van der Waals surface area (Å²) in [5, 5.41) is 12.7. The molecule has 1 aliphatic rings. The van der Waals surface area contributed by atoms with Crippen molar-refractivity contribution in [2.24, 2.45) is 0 Å². The van der Waals surface area contributed by atoms with Gasteiger partial charge >= 0.3 is 0 Å². The van der Waals surface area contributed by atoms with Crippen LogP contribution in [0.3, 0.4) is 0 Å². The maximum absolute atomic E-state index is 12.3. The summed E-state index contributed by atoms with van der Waals surface area (Å²) in [5.74, 6) is -0.667. The lowest BCUT2D eigenvalue weighted by Crippen LogP contribution is -2.91. The van der Waals surface area contributed by atoms with Crippen LogP contribution in [0.4, 0.5) is 0 Å². The van der Waals surface area contributed by atoms with E-state index in [1.807, 2.05) is 0 Å². The van der Waals surface area contributed by atoms with Crippen LogP contribution < -0.4 is 15.9 Å². The van der Waals surface area contributed by atoms with Gasteiger partial charge in [0.15, 0.2) is 5.37 Å². The molecule has 1 aromatic carbocycles. The predicted octanol–water partition coefficient (Wildman–Crippen LogP) is -0.780. The topological polar surface area (TPSA) is 87.0 Å². The number of carboxylic acid groups (broad SMARTS) is 1. The molecule has 0 saturated carbocycles. The number of benzene rings is 1. The van der Waals surface area contributed by atoms with Crippen molar-refractivity contribution in [2.75, 3.05) is 5.75 Å². The highest BCUT2D eigenvalue weighted by Gasteiger charge is 2.33. The Hall–Kier alpha value is -1.79. The van der Waals surface area contributed by atoms with Crippen molar-refractivity contribution < 1.29 is 19.6 Å². The monoisotopic (exact) mass is 277 g/mol. The minimum atomic E-state index is -1.10. The van der Waals surface area contributed by atoms with Gasteiger partial charge in [-0.05, 0) is 12.1 Å². The Balaban J connectivity index is 2.00. The second-order valence-corrected chi connectivity index (χ2v) is 5.56. The molecule has 1 aromatic heterocycles. The molecule has 0 bridgehead atoms. The molecule has 0 amide bonds. The molecule has 2 aromatic rings. The van der Waals surface area contributed by atoms with Gasteiger partial charge in [-0.15, -0.1) is 0 Å². The maximum atomic E-state index is 12.3. The summed E-state index contributed by atoms with van der Waals surface area (Å²) >= 11 is 1.42. The van der Waals surface area contributed by atoms with E-state index in [1.54, 1.807) is 29.6 Å². The molecule has 0 radical (unpaired) electrons. The zero-order valence-corrected chi connectivity index (χ0v) is 10.7. The van der Waals surface area contributed by atoms with Gasteiger partial charge in [0.25, 0.3) is 0 Å². The standard InChI is InChI=1S/C13H11NO4S/c15-11-7-3-1-2-4-10(7)18-5-8(11)12-14-9(6-19-12)13(16)17/h1-5,9,12,14H,6H2,(H,16,17). The number of quaternary nitrogens is 1. The first-order valence-electron chi connectivity index (χ1n) is 5.84. The molecule has 1 saturated heterocycles. The highest BCUT2D eigenvalue weighted by molar-refractivity contribution is 7.99. The van der Waals surface area contributed by atoms with Gasteiger partial charge in [-0.1, -0.05) is 23.9 Å². The van der Waals surface area contributed by atoms with Crippen LogP contribution in [0.25, 0.3) is 11.0 Å². The third kappa shape index (κ3) is 2.13. The first-order chi connectivity index (χ1) is 9.16. The first kappa shape index (κ1) is 12.3. The van der Waals surface area contributed by atoms with Crippen LogP contribution in [-0.2, 0) is 4.79 Å². The second-order valence-electron chi connectivity index (χ2n) is 4.39. The van der Waals surface area contributed by atoms with Crippen molar-refractivity contribution in [3.8, 4) is 0 Å². The fourth-order valence-electron chi connectivity index (χ4n) is 2.16. The quantitative estimate of drug-likeness (QED) is 0.778. The van der Waals surface area contributed by atoms with Crippen molar-refractivity contribution in [3.05, 3.63) is 46.3 Å². The summed E-state index contributed by atoms with van der Waals surface area (Å²) in [6, 6.07) is 6.41. The molecule has 0 spiro atoms. The lowest BCUT2D eigenvalue weighted by atomic mass is 10.1. The Morgan fingerprint density at radius 2 is 2.21 bits per heavy atom. The number of thioether (sulfide) groups is 1. The zero-order chi connectivity index (χ0) is 13.4. The fourth-order valence-corrected chi connectivity index (χ4v) is 3.46. The molecule has 2 heterocycles. The van der Waals surface area contributed by atoms with E-state index in [2.05, 4.69) is 0 Å². The van der Waals surface area contributed by atoms with E-state index in [1.165, 1.54) is 18.0 Å². The number of nitrogens with two attached hydrogens (primary N) is 1. The van der Waals surface area contributed by atoms with Crippen LogP contribution >= 0.6 is 11.8 Å². The summed E-state index contributed by atoms with van der Waals surface area (Å²) in [6.45, 7) is 0. The van der Waals surface area contributed by atoms with Crippen LogP contribution in [0.1, 0.15) is 10.9 Å². The predicted molar refractivity (Wildman–Crippen MR) is 68.4 cm³/mol. The van der Waals surface area contributed by atoms with Gasteiger partial charge in [-0.3, -0.25) is 4.79 Å². The minimum absolute atomic E-state index is 0.102. The molecule has 0 aliphatic carbocycles. The van der Waals surface area contributed by atoms with Gasteiger partial charge in [0.05, 0.1) is 11.1 Å². The van der Waals surface area contributed by atoms with E-state index in [0.29, 0.717) is 22.3 Å². The fraction of sp³-hybridized carbons (Fsp3) is 0.231. The van der Waals surface area contributed by atoms with Crippen LogP contribution in [0.15, 0.2) is 39.7 Å². The summed E-state index contributed by atoms with van der Waals surface area (Å²) < 4.78 is 5.44. The van der Waals surface area contributed by atoms with E-state index in [9.17, 15) is 14.7 Å². The molecule has 2 atom stereocenters. The Kier molecular flexibility index (Phi) is 3.04. The molecule has 98 valence electrons. The Bertz CT molecular complexity index is 696. The van der Waals surface area contributed by atoms with Gasteiger partial charge < -0.3 is 19.6 Å². The average molecular weight is 277 g/mol. The first-order valence-corrected chi connectivity index (χ1v) is 6.89. The lowest BCUT2D eigenvalue weighted by Gasteiger charge is -2.10. The van der Waals surface area contributed by atoms with Crippen molar-refractivity contribution in [1.29, 1.82) is 0 Å². The molecule has 3 rings (SSSR count). The van der Waals surface area contributed by atoms with Crippen molar-refractivity contribution in [2.45, 2.75) is 11.4 Å². The third-order valence-electron chi connectivity index (χ3n) is 3.18. The van der Waals surface area contributed by atoms with Gasteiger partial charge in [0.2, 0.25) is 5.43 Å². The summed E-state index contributed by atoms with van der Waals surface area (Å²) in [4.78, 5) is 23.2. The third-order valence-corrected chi connectivity index (χ3v) is 4.50. The van der Waals surface area contributed by atoms with Crippen LogP contribution in [0.5, 0.6) is 0 Å². The summed E-state index contributed by atoms with van der Waals surface area (Å²) in [5.41, 5.74) is 0.928. The highest BCUT2D eigenvalue weighted by atomic mass is 32.2. The van der Waals surface area contributed by atoms with Gasteiger partial charge in [0, 0.05) is 0 Å². The largest absolute Gasteiger partial charge is 0.544 e. The number of carbonyl (C=O) groups is 1. The molecule has 5 nitrogen and oxygen atoms in total. The van der Waals surface area contributed by atoms with Crippen molar-refractivity contribution >= 4 is 28.7 Å². The number of carboxylic acids is 1. The second kappa shape index (κ2) is 4.71. The number of hydrogen-bond donors (Lipinski definition) is 1. The van der Waals surface area contributed by atoms with E-state index in [-0.39, 0.29) is 10.8 Å². The lowest BCUT2D eigenvalue weighted by molar-refractivity contribution is -0.690.